The fraction of sp³-hybridized carbons (Fsp3) is 0. The van der Waals surface area contributed by atoms with Crippen LogP contribution in [-0.4, -0.2) is 9.97 Å². The standard InChI is InChI=1S/C10H7N3/c11-7-3-6-10-12-8-4-1-2-5-9(8)13-10/h1-6H,(H,12,13)/b6-3+. The zero-order valence-corrected chi connectivity index (χ0v) is 6.86. The van der Waals surface area contributed by atoms with E-state index in [-0.39, 0.29) is 0 Å². The second-order valence-corrected chi connectivity index (χ2v) is 2.60. The van der Waals surface area contributed by atoms with Crippen molar-refractivity contribution in [2.45, 2.75) is 0 Å². The summed E-state index contributed by atoms with van der Waals surface area (Å²) in [6, 6.07) is 9.67. The molecule has 3 nitrogen and oxygen atoms in total. The lowest BCUT2D eigenvalue weighted by molar-refractivity contribution is 1.29. The minimum Gasteiger partial charge on any atom is -0.338 e. The fourth-order valence-corrected chi connectivity index (χ4v) is 1.17. The van der Waals surface area contributed by atoms with E-state index in [1.165, 1.54) is 6.08 Å². The molecule has 2 rings (SSSR count). The van der Waals surface area contributed by atoms with Gasteiger partial charge in [0.25, 0.3) is 0 Å². The summed E-state index contributed by atoms with van der Waals surface area (Å²) in [5.74, 6) is 0.711. The Labute approximate surface area is 75.3 Å². The third-order valence-corrected chi connectivity index (χ3v) is 1.72. The number of hydrogen-bond acceptors (Lipinski definition) is 2. The molecule has 3 heteroatoms. The van der Waals surface area contributed by atoms with Gasteiger partial charge in [-0.1, -0.05) is 12.1 Å². The minimum absolute atomic E-state index is 0.711. The number of nitrogens with zero attached hydrogens (tertiary/aromatic N) is 2. The number of nitrogens with one attached hydrogen (secondary N) is 1. The Morgan fingerprint density at radius 2 is 2.23 bits per heavy atom. The number of allylic oxidation sites excluding steroid dienone is 1. The Hall–Kier alpha value is -2.08. The molecule has 13 heavy (non-hydrogen) atoms. The molecule has 0 radical (unpaired) electrons. The Kier molecular flexibility index (Phi) is 1.81. The predicted octanol–water partition coefficient (Wildman–Crippen LogP) is 2.10. The van der Waals surface area contributed by atoms with E-state index in [9.17, 15) is 0 Å². The first-order valence-corrected chi connectivity index (χ1v) is 3.91. The molecule has 0 saturated carbocycles. The van der Waals surface area contributed by atoms with Gasteiger partial charge in [0.1, 0.15) is 5.82 Å². The van der Waals surface area contributed by atoms with Gasteiger partial charge >= 0.3 is 0 Å². The van der Waals surface area contributed by atoms with E-state index in [1.54, 1.807) is 6.08 Å². The average molecular weight is 169 g/mol. The van der Waals surface area contributed by atoms with Gasteiger partial charge in [-0.25, -0.2) is 4.98 Å². The van der Waals surface area contributed by atoms with Crippen LogP contribution in [0.4, 0.5) is 0 Å². The van der Waals surface area contributed by atoms with Crippen molar-refractivity contribution in [3.8, 4) is 6.07 Å². The molecule has 1 aromatic carbocycles. The predicted molar refractivity (Wildman–Crippen MR) is 50.7 cm³/mol. The third kappa shape index (κ3) is 1.42. The van der Waals surface area contributed by atoms with Crippen LogP contribution in [0.5, 0.6) is 0 Å². The number of H-pyrrole nitrogens is 1. The number of benzene rings is 1. The van der Waals surface area contributed by atoms with Crippen molar-refractivity contribution in [2.24, 2.45) is 0 Å². The SMILES string of the molecule is N#C/C=C/c1nc2ccccc2[nH]1. The van der Waals surface area contributed by atoms with E-state index in [0.717, 1.165) is 11.0 Å². The molecule has 1 N–H and O–H groups in total. The van der Waals surface area contributed by atoms with Crippen molar-refractivity contribution < 1.29 is 0 Å². The molecule has 0 aliphatic heterocycles. The molecule has 0 bridgehead atoms. The molecular weight excluding hydrogens is 162 g/mol. The van der Waals surface area contributed by atoms with Crippen LogP contribution in [0.2, 0.25) is 0 Å². The number of fused-ring (bicyclic) bond motifs is 1. The lowest BCUT2D eigenvalue weighted by atomic mass is 10.3. The number of aromatic amines is 1. The Balaban J connectivity index is 2.51. The maximum absolute atomic E-state index is 8.32. The lowest BCUT2D eigenvalue weighted by Crippen LogP contribution is -1.71. The van der Waals surface area contributed by atoms with Gasteiger partial charge < -0.3 is 4.98 Å². The average Bonchev–Trinajstić information content (AvgIpc) is 2.57. The van der Waals surface area contributed by atoms with Crippen molar-refractivity contribution in [1.82, 2.24) is 9.97 Å². The summed E-state index contributed by atoms with van der Waals surface area (Å²) >= 11 is 0. The summed E-state index contributed by atoms with van der Waals surface area (Å²) in [5, 5.41) is 8.32. The summed E-state index contributed by atoms with van der Waals surface area (Å²) < 4.78 is 0. The normalized spacial score (nSPS) is 10.7. The summed E-state index contributed by atoms with van der Waals surface area (Å²) in [6.45, 7) is 0. The van der Waals surface area contributed by atoms with E-state index in [1.807, 2.05) is 30.3 Å². The van der Waals surface area contributed by atoms with Crippen molar-refractivity contribution in [2.75, 3.05) is 0 Å². The van der Waals surface area contributed by atoms with E-state index in [4.69, 9.17) is 5.26 Å². The van der Waals surface area contributed by atoms with Crippen LogP contribution in [0.15, 0.2) is 30.3 Å². The van der Waals surface area contributed by atoms with Crippen LogP contribution in [0.25, 0.3) is 17.1 Å². The highest BCUT2D eigenvalue weighted by molar-refractivity contribution is 5.76. The first kappa shape index (κ1) is 7.56. The molecule has 1 aromatic heterocycles. The second-order valence-electron chi connectivity index (χ2n) is 2.60. The molecule has 0 atom stereocenters. The number of imidazole rings is 1. The van der Waals surface area contributed by atoms with Crippen LogP contribution >= 0.6 is 0 Å². The van der Waals surface area contributed by atoms with Crippen LogP contribution in [0, 0.1) is 11.3 Å². The van der Waals surface area contributed by atoms with Crippen LogP contribution < -0.4 is 0 Å². The smallest absolute Gasteiger partial charge is 0.131 e. The van der Waals surface area contributed by atoms with E-state index in [2.05, 4.69) is 9.97 Å². The quantitative estimate of drug-likeness (QED) is 0.664. The maximum atomic E-state index is 8.32. The van der Waals surface area contributed by atoms with Crippen LogP contribution in [0.1, 0.15) is 5.82 Å². The first-order chi connectivity index (χ1) is 6.40. The molecule has 0 unspecified atom stereocenters. The Morgan fingerprint density at radius 3 is 3.00 bits per heavy atom. The fourth-order valence-electron chi connectivity index (χ4n) is 1.17. The van der Waals surface area contributed by atoms with Gasteiger partial charge in [0.15, 0.2) is 0 Å². The molecule has 0 saturated heterocycles. The Morgan fingerprint density at radius 1 is 1.38 bits per heavy atom. The molecule has 0 spiro atoms. The van der Waals surface area contributed by atoms with Gasteiger partial charge in [0, 0.05) is 6.08 Å². The first-order valence-electron chi connectivity index (χ1n) is 3.91. The number of nitriles is 1. The zero-order chi connectivity index (χ0) is 9.10. The molecule has 0 aliphatic carbocycles. The highest BCUT2D eigenvalue weighted by atomic mass is 14.9. The lowest BCUT2D eigenvalue weighted by Gasteiger charge is -1.81. The molecule has 2 aromatic rings. The summed E-state index contributed by atoms with van der Waals surface area (Å²) in [5.41, 5.74) is 1.90. The highest BCUT2D eigenvalue weighted by Crippen LogP contribution is 2.10. The van der Waals surface area contributed by atoms with E-state index in [0.29, 0.717) is 5.82 Å². The molecule has 0 amide bonds. The second kappa shape index (κ2) is 3.11. The largest absolute Gasteiger partial charge is 0.338 e. The topological polar surface area (TPSA) is 52.5 Å². The number of rotatable bonds is 1. The van der Waals surface area contributed by atoms with Crippen molar-refractivity contribution >= 4 is 17.1 Å². The van der Waals surface area contributed by atoms with Crippen molar-refractivity contribution in [1.29, 1.82) is 5.26 Å². The Bertz CT molecular complexity index is 455. The zero-order valence-electron chi connectivity index (χ0n) is 6.86. The number of aromatic nitrogens is 2. The highest BCUT2D eigenvalue weighted by Gasteiger charge is 1.96. The van der Waals surface area contributed by atoms with Crippen LogP contribution in [0.3, 0.4) is 0 Å². The van der Waals surface area contributed by atoms with E-state index < -0.39 is 0 Å². The van der Waals surface area contributed by atoms with Gasteiger partial charge in [-0.2, -0.15) is 5.26 Å². The summed E-state index contributed by atoms with van der Waals surface area (Å²) in [7, 11) is 0. The number of hydrogen-bond donors (Lipinski definition) is 1. The van der Waals surface area contributed by atoms with Crippen molar-refractivity contribution in [3.63, 3.8) is 0 Å². The van der Waals surface area contributed by atoms with Gasteiger partial charge in [-0.05, 0) is 18.2 Å². The summed E-state index contributed by atoms with van der Waals surface area (Å²) in [4.78, 5) is 7.34. The minimum atomic E-state index is 0.711. The van der Waals surface area contributed by atoms with Gasteiger partial charge in [0.2, 0.25) is 0 Å². The van der Waals surface area contributed by atoms with Gasteiger partial charge in [-0.15, -0.1) is 0 Å². The summed E-state index contributed by atoms with van der Waals surface area (Å²) in [6.07, 6.45) is 3.05. The van der Waals surface area contributed by atoms with E-state index >= 15 is 0 Å². The molecule has 1 heterocycles. The monoisotopic (exact) mass is 169 g/mol. The molecule has 0 aliphatic rings. The van der Waals surface area contributed by atoms with Crippen LogP contribution in [-0.2, 0) is 0 Å². The molecular formula is C10H7N3. The third-order valence-electron chi connectivity index (χ3n) is 1.72. The number of para-hydroxylation sites is 2. The van der Waals surface area contributed by atoms with Gasteiger partial charge in [0.05, 0.1) is 17.1 Å². The molecule has 62 valence electrons. The van der Waals surface area contributed by atoms with Crippen molar-refractivity contribution in [3.05, 3.63) is 36.2 Å². The molecule has 0 fully saturated rings. The maximum Gasteiger partial charge on any atom is 0.131 e. The van der Waals surface area contributed by atoms with Gasteiger partial charge in [-0.3, -0.25) is 0 Å².